The minimum absolute atomic E-state index is 0.0263. The first-order valence-corrected chi connectivity index (χ1v) is 11.5. The molecule has 0 aliphatic carbocycles. The number of pyridine rings is 1. The summed E-state index contributed by atoms with van der Waals surface area (Å²) in [7, 11) is 1.61. The highest BCUT2D eigenvalue weighted by atomic mass is 35.5. The Morgan fingerprint density at radius 1 is 1.15 bits per heavy atom. The minimum atomic E-state index is -0.133. The van der Waals surface area contributed by atoms with Gasteiger partial charge in [-0.1, -0.05) is 41.9 Å². The summed E-state index contributed by atoms with van der Waals surface area (Å²) in [5.74, 6) is 1.17. The van der Waals surface area contributed by atoms with E-state index in [0.717, 1.165) is 23.1 Å². The van der Waals surface area contributed by atoms with Gasteiger partial charge in [0.2, 0.25) is 5.91 Å². The van der Waals surface area contributed by atoms with Crippen LogP contribution in [0.15, 0.2) is 73.1 Å². The number of halogens is 1. The summed E-state index contributed by atoms with van der Waals surface area (Å²) in [6, 6.07) is 17.0. The molecular weight excluding hydrogens is 452 g/mol. The third-order valence-electron chi connectivity index (χ3n) is 5.50. The number of hydrogen-bond acceptors (Lipinski definition) is 5. The normalized spacial score (nSPS) is 15.4. The lowest BCUT2D eigenvalue weighted by Crippen LogP contribution is -2.28. The first kappa shape index (κ1) is 23.8. The van der Waals surface area contributed by atoms with Gasteiger partial charge in [0, 0.05) is 43.0 Å². The van der Waals surface area contributed by atoms with Crippen LogP contribution >= 0.6 is 11.6 Å². The molecule has 2 aromatic carbocycles. The second-order valence-corrected chi connectivity index (χ2v) is 8.41. The van der Waals surface area contributed by atoms with Gasteiger partial charge < -0.3 is 19.1 Å². The standard InChI is InChI=1S/C27H27ClN2O4/c1-32-26-15-20(8-10-25(26)34-23-12-14-33-19-23)17-30(18-21-5-4-13-29-16-21)27(31)11-9-22-6-2-3-7-24(22)28/h2-11,13,15-16,23H,12,14,17-19H2,1H3/b11-9+. The molecule has 0 bridgehead atoms. The quantitative estimate of drug-likeness (QED) is 0.398. The highest BCUT2D eigenvalue weighted by Gasteiger charge is 2.20. The number of carbonyl (C=O) groups is 1. The topological polar surface area (TPSA) is 60.9 Å². The van der Waals surface area contributed by atoms with Crippen LogP contribution in [0.1, 0.15) is 23.1 Å². The molecule has 176 valence electrons. The molecule has 1 saturated heterocycles. The third-order valence-corrected chi connectivity index (χ3v) is 5.85. The molecule has 1 fully saturated rings. The first-order valence-electron chi connectivity index (χ1n) is 11.1. The Bertz CT molecular complexity index is 1130. The molecular formula is C27H27ClN2O4. The Hall–Kier alpha value is -3.35. The van der Waals surface area contributed by atoms with Crippen molar-refractivity contribution in [2.45, 2.75) is 25.6 Å². The Balaban J connectivity index is 1.53. The number of aromatic nitrogens is 1. The van der Waals surface area contributed by atoms with E-state index in [9.17, 15) is 4.79 Å². The van der Waals surface area contributed by atoms with E-state index in [0.29, 0.717) is 42.8 Å². The number of rotatable bonds is 9. The van der Waals surface area contributed by atoms with Gasteiger partial charge in [0.1, 0.15) is 6.10 Å². The average Bonchev–Trinajstić information content (AvgIpc) is 3.37. The molecule has 4 rings (SSSR count). The fourth-order valence-electron chi connectivity index (χ4n) is 3.71. The fourth-order valence-corrected chi connectivity index (χ4v) is 3.91. The Morgan fingerprint density at radius 2 is 2.00 bits per heavy atom. The van der Waals surface area contributed by atoms with Crippen LogP contribution in [0.25, 0.3) is 6.08 Å². The first-order chi connectivity index (χ1) is 16.6. The number of benzene rings is 2. The number of methoxy groups -OCH3 is 1. The van der Waals surface area contributed by atoms with E-state index in [4.69, 9.17) is 25.8 Å². The predicted molar refractivity (Wildman–Crippen MR) is 132 cm³/mol. The summed E-state index contributed by atoms with van der Waals surface area (Å²) >= 11 is 6.24. The molecule has 1 unspecified atom stereocenters. The van der Waals surface area contributed by atoms with Crippen molar-refractivity contribution in [3.63, 3.8) is 0 Å². The number of carbonyl (C=O) groups excluding carboxylic acids is 1. The summed E-state index contributed by atoms with van der Waals surface area (Å²) < 4.78 is 17.0. The highest BCUT2D eigenvalue weighted by molar-refractivity contribution is 6.32. The van der Waals surface area contributed by atoms with Gasteiger partial charge in [-0.25, -0.2) is 0 Å². The van der Waals surface area contributed by atoms with Crippen LogP contribution < -0.4 is 9.47 Å². The predicted octanol–water partition coefficient (Wildman–Crippen LogP) is 5.15. The van der Waals surface area contributed by atoms with Crippen molar-refractivity contribution in [2.24, 2.45) is 0 Å². The zero-order valence-corrected chi connectivity index (χ0v) is 19.8. The van der Waals surface area contributed by atoms with E-state index in [1.807, 2.05) is 48.5 Å². The van der Waals surface area contributed by atoms with E-state index < -0.39 is 0 Å². The third kappa shape index (κ3) is 6.37. The Labute approximate surface area is 204 Å². The molecule has 1 aliphatic heterocycles. The molecule has 0 N–H and O–H groups in total. The molecule has 0 saturated carbocycles. The smallest absolute Gasteiger partial charge is 0.247 e. The zero-order chi connectivity index (χ0) is 23.8. The molecule has 6 nitrogen and oxygen atoms in total. The monoisotopic (exact) mass is 478 g/mol. The highest BCUT2D eigenvalue weighted by Crippen LogP contribution is 2.31. The molecule has 0 spiro atoms. The van der Waals surface area contributed by atoms with Crippen molar-refractivity contribution in [3.05, 3.63) is 94.8 Å². The molecule has 3 aromatic rings. The summed E-state index contributed by atoms with van der Waals surface area (Å²) in [5, 5.41) is 0.596. The van der Waals surface area contributed by atoms with E-state index in [-0.39, 0.29) is 12.0 Å². The largest absolute Gasteiger partial charge is 0.493 e. The maximum absolute atomic E-state index is 13.2. The lowest BCUT2D eigenvalue weighted by molar-refractivity contribution is -0.127. The lowest BCUT2D eigenvalue weighted by Gasteiger charge is -2.22. The zero-order valence-electron chi connectivity index (χ0n) is 19.0. The van der Waals surface area contributed by atoms with E-state index in [2.05, 4.69) is 4.98 Å². The van der Waals surface area contributed by atoms with Gasteiger partial charge in [-0.3, -0.25) is 9.78 Å². The fraction of sp³-hybridized carbons (Fsp3) is 0.259. The van der Waals surface area contributed by atoms with Crippen LogP contribution in [-0.4, -0.2) is 42.2 Å². The van der Waals surface area contributed by atoms with Gasteiger partial charge in [-0.15, -0.1) is 0 Å². The Kier molecular flexibility index (Phi) is 8.17. The van der Waals surface area contributed by atoms with Crippen molar-refractivity contribution in [1.82, 2.24) is 9.88 Å². The maximum Gasteiger partial charge on any atom is 0.247 e. The second kappa shape index (κ2) is 11.7. The van der Waals surface area contributed by atoms with Gasteiger partial charge in [0.25, 0.3) is 0 Å². The van der Waals surface area contributed by atoms with Gasteiger partial charge in [-0.05, 0) is 47.0 Å². The summed E-state index contributed by atoms with van der Waals surface area (Å²) in [4.78, 5) is 19.1. The lowest BCUT2D eigenvalue weighted by atomic mass is 10.1. The van der Waals surface area contributed by atoms with E-state index in [1.165, 1.54) is 0 Å². The average molecular weight is 479 g/mol. The van der Waals surface area contributed by atoms with E-state index in [1.54, 1.807) is 42.6 Å². The molecule has 7 heteroatoms. The van der Waals surface area contributed by atoms with Gasteiger partial charge in [0.15, 0.2) is 11.5 Å². The van der Waals surface area contributed by atoms with Crippen LogP contribution in [0, 0.1) is 0 Å². The van der Waals surface area contributed by atoms with Crippen LogP contribution in [0.2, 0.25) is 5.02 Å². The van der Waals surface area contributed by atoms with Crippen LogP contribution in [-0.2, 0) is 22.6 Å². The number of ether oxygens (including phenoxy) is 3. The van der Waals surface area contributed by atoms with Crippen molar-refractivity contribution < 1.29 is 19.0 Å². The van der Waals surface area contributed by atoms with Crippen LogP contribution in [0.4, 0.5) is 0 Å². The molecule has 1 aliphatic rings. The minimum Gasteiger partial charge on any atom is -0.493 e. The molecule has 2 heterocycles. The van der Waals surface area contributed by atoms with Crippen molar-refractivity contribution in [3.8, 4) is 11.5 Å². The van der Waals surface area contributed by atoms with E-state index >= 15 is 0 Å². The Morgan fingerprint density at radius 3 is 2.74 bits per heavy atom. The van der Waals surface area contributed by atoms with Crippen molar-refractivity contribution >= 4 is 23.6 Å². The molecule has 1 amide bonds. The summed E-state index contributed by atoms with van der Waals surface area (Å²) in [6.07, 6.45) is 7.65. The van der Waals surface area contributed by atoms with Crippen LogP contribution in [0.3, 0.4) is 0 Å². The van der Waals surface area contributed by atoms with Gasteiger partial charge in [-0.2, -0.15) is 0 Å². The number of nitrogens with zero attached hydrogens (tertiary/aromatic N) is 2. The summed E-state index contributed by atoms with van der Waals surface area (Å²) in [5.41, 5.74) is 2.66. The van der Waals surface area contributed by atoms with Gasteiger partial charge >= 0.3 is 0 Å². The molecule has 1 aromatic heterocycles. The SMILES string of the molecule is COc1cc(CN(Cc2cccnc2)C(=O)/C=C/c2ccccc2Cl)ccc1OC1CCOC1. The second-order valence-electron chi connectivity index (χ2n) is 8.00. The molecule has 1 atom stereocenters. The number of hydrogen-bond donors (Lipinski definition) is 0. The van der Waals surface area contributed by atoms with Gasteiger partial charge in [0.05, 0.1) is 20.3 Å². The number of amides is 1. The van der Waals surface area contributed by atoms with Crippen LogP contribution in [0.5, 0.6) is 11.5 Å². The van der Waals surface area contributed by atoms with Crippen molar-refractivity contribution in [2.75, 3.05) is 20.3 Å². The van der Waals surface area contributed by atoms with Crippen molar-refractivity contribution in [1.29, 1.82) is 0 Å². The molecule has 0 radical (unpaired) electrons. The summed E-state index contributed by atoms with van der Waals surface area (Å²) in [6.45, 7) is 2.09. The molecule has 34 heavy (non-hydrogen) atoms. The maximum atomic E-state index is 13.2.